The van der Waals surface area contributed by atoms with E-state index < -0.39 is 21.9 Å². The molecule has 0 spiro atoms. The van der Waals surface area contributed by atoms with Gasteiger partial charge in [0.05, 0.1) is 40.0 Å². The minimum absolute atomic E-state index is 0.0249. The van der Waals surface area contributed by atoms with Crippen molar-refractivity contribution in [1.82, 2.24) is 0 Å². The first-order valence-corrected chi connectivity index (χ1v) is 17.1. The van der Waals surface area contributed by atoms with Crippen LogP contribution in [-0.4, -0.2) is 52.1 Å². The standard InChI is InChI=1S/C31H32Cl2N2O8S2.C2H2/c1-7-42-27-11-9-25(16-28(27)41-6)35(5)45(39,40)20(4)29(44-17-32)30(37)34-24-14-22(13-23(33)15-24)31(38)43-26-10-8-21(19(3)36)12-18(26)2;1-2/h8-16H,7,17H2,1-6H3,(H,34,37);1-2H/b29-20+;. The van der Waals surface area contributed by atoms with E-state index in [9.17, 15) is 22.8 Å². The Morgan fingerprint density at radius 1 is 0.957 bits per heavy atom. The fourth-order valence-corrected chi connectivity index (χ4v) is 6.76. The summed E-state index contributed by atoms with van der Waals surface area (Å²) in [5, 5.41) is 2.60. The number of aryl methyl sites for hydroxylation is 1. The average molecular weight is 722 g/mol. The van der Waals surface area contributed by atoms with Crippen molar-refractivity contribution in [1.29, 1.82) is 0 Å². The smallest absolute Gasteiger partial charge is 0.343 e. The van der Waals surface area contributed by atoms with Gasteiger partial charge < -0.3 is 19.5 Å². The molecule has 0 aromatic heterocycles. The molecule has 0 unspecified atom stereocenters. The van der Waals surface area contributed by atoms with Gasteiger partial charge >= 0.3 is 5.97 Å². The number of alkyl halides is 1. The van der Waals surface area contributed by atoms with Crippen molar-refractivity contribution >= 4 is 74.0 Å². The van der Waals surface area contributed by atoms with E-state index in [1.165, 1.54) is 58.3 Å². The third kappa shape index (κ3) is 9.92. The molecule has 0 saturated heterocycles. The van der Waals surface area contributed by atoms with E-state index in [1.807, 2.05) is 6.92 Å². The number of thioether (sulfide) groups is 1. The summed E-state index contributed by atoms with van der Waals surface area (Å²) < 4.78 is 44.6. The molecule has 3 rings (SSSR count). The number of allylic oxidation sites excluding steroid dienone is 1. The highest BCUT2D eigenvalue weighted by Crippen LogP contribution is 2.35. The van der Waals surface area contributed by atoms with E-state index in [0.717, 1.165) is 16.1 Å². The fourth-order valence-electron chi connectivity index (χ4n) is 4.08. The third-order valence-electron chi connectivity index (χ3n) is 6.46. The van der Waals surface area contributed by atoms with Crippen LogP contribution < -0.4 is 23.8 Å². The van der Waals surface area contributed by atoms with Gasteiger partial charge in [0, 0.05) is 29.4 Å². The molecule has 0 bridgehead atoms. The average Bonchev–Trinajstić information content (AvgIpc) is 3.04. The SMILES string of the molecule is C#C.CCOc1ccc(N(C)S(=O)(=O)/C(C)=C(/SCCl)C(=O)Nc2cc(Cl)cc(C(=O)Oc3ccc(C(C)=O)cc3C)c2)cc1OC. The molecule has 1 amide bonds. The van der Waals surface area contributed by atoms with Crippen LogP contribution in [-0.2, 0) is 14.8 Å². The van der Waals surface area contributed by atoms with Crippen molar-refractivity contribution in [2.24, 2.45) is 0 Å². The zero-order chi connectivity index (χ0) is 35.5. The van der Waals surface area contributed by atoms with E-state index in [2.05, 4.69) is 18.2 Å². The number of carbonyl (C=O) groups excluding carboxylic acids is 3. The number of nitrogens with one attached hydrogen (secondary N) is 1. The van der Waals surface area contributed by atoms with Gasteiger partial charge in [-0.2, -0.15) is 0 Å². The number of sulfonamides is 1. The minimum Gasteiger partial charge on any atom is -0.493 e. The molecule has 0 atom stereocenters. The van der Waals surface area contributed by atoms with Crippen LogP contribution in [0, 0.1) is 19.8 Å². The van der Waals surface area contributed by atoms with Crippen LogP contribution in [0.3, 0.4) is 0 Å². The van der Waals surface area contributed by atoms with Gasteiger partial charge in [-0.05, 0) is 81.8 Å². The maximum atomic E-state index is 13.6. The number of anilines is 2. The lowest BCUT2D eigenvalue weighted by Crippen LogP contribution is -2.29. The predicted molar refractivity (Wildman–Crippen MR) is 189 cm³/mol. The molecular formula is C33H34Cl2N2O8S2. The summed E-state index contributed by atoms with van der Waals surface area (Å²) in [5.41, 5.74) is 1.46. The molecule has 10 nitrogen and oxygen atoms in total. The number of hydrogen-bond donors (Lipinski definition) is 1. The van der Waals surface area contributed by atoms with Crippen LogP contribution in [0.4, 0.5) is 11.4 Å². The second-order valence-corrected chi connectivity index (χ2v) is 13.6. The van der Waals surface area contributed by atoms with E-state index in [4.69, 9.17) is 37.4 Å². The molecule has 250 valence electrons. The van der Waals surface area contributed by atoms with Gasteiger partial charge in [-0.3, -0.25) is 13.9 Å². The number of terminal acetylenes is 1. The number of halogens is 2. The quantitative estimate of drug-likeness (QED) is 0.0483. The Balaban J connectivity index is 0.00000376. The molecule has 0 aliphatic rings. The number of nitrogens with zero attached hydrogens (tertiary/aromatic N) is 1. The maximum absolute atomic E-state index is 13.6. The highest BCUT2D eigenvalue weighted by Gasteiger charge is 2.28. The zero-order valence-corrected chi connectivity index (χ0v) is 29.7. The van der Waals surface area contributed by atoms with Crippen molar-refractivity contribution in [2.75, 3.05) is 35.6 Å². The second kappa shape index (κ2) is 17.7. The molecule has 3 aromatic rings. The lowest BCUT2D eigenvalue weighted by Gasteiger charge is -2.22. The first-order valence-electron chi connectivity index (χ1n) is 13.7. The minimum atomic E-state index is -4.22. The normalized spacial score (nSPS) is 11.3. The van der Waals surface area contributed by atoms with E-state index >= 15 is 0 Å². The fraction of sp³-hybridized carbons (Fsp3) is 0.242. The molecule has 47 heavy (non-hydrogen) atoms. The summed E-state index contributed by atoms with van der Waals surface area (Å²) in [6.45, 7) is 6.63. The van der Waals surface area contributed by atoms with Crippen molar-refractivity contribution in [3.05, 3.63) is 86.1 Å². The topological polar surface area (TPSA) is 128 Å². The number of hydrogen-bond acceptors (Lipinski definition) is 9. The number of methoxy groups -OCH3 is 1. The molecule has 0 saturated carbocycles. The Morgan fingerprint density at radius 2 is 1.62 bits per heavy atom. The summed E-state index contributed by atoms with van der Waals surface area (Å²) in [5.74, 6) is -0.636. The van der Waals surface area contributed by atoms with Crippen LogP contribution in [0.1, 0.15) is 47.1 Å². The lowest BCUT2D eigenvalue weighted by molar-refractivity contribution is -0.112. The predicted octanol–water partition coefficient (Wildman–Crippen LogP) is 7.29. The first kappa shape index (κ1) is 39.0. The molecule has 0 aliphatic carbocycles. The van der Waals surface area contributed by atoms with E-state index in [0.29, 0.717) is 29.2 Å². The summed E-state index contributed by atoms with van der Waals surface area (Å²) in [7, 11) is -1.44. The molecule has 1 N–H and O–H groups in total. The number of amides is 1. The zero-order valence-electron chi connectivity index (χ0n) is 26.6. The number of benzene rings is 3. The van der Waals surface area contributed by atoms with Gasteiger partial charge in [0.1, 0.15) is 5.75 Å². The first-order chi connectivity index (χ1) is 22.2. The number of esters is 1. The van der Waals surface area contributed by atoms with Crippen molar-refractivity contribution in [2.45, 2.75) is 27.7 Å². The van der Waals surface area contributed by atoms with Crippen molar-refractivity contribution in [3.8, 4) is 30.1 Å². The van der Waals surface area contributed by atoms with Crippen LogP contribution in [0.25, 0.3) is 0 Å². The lowest BCUT2D eigenvalue weighted by atomic mass is 10.1. The number of Topliss-reactive ketones (excluding diaryl/α,β-unsaturated/α-hetero) is 1. The Hall–Kier alpha value is -4.15. The van der Waals surface area contributed by atoms with Crippen LogP contribution in [0.2, 0.25) is 5.02 Å². The summed E-state index contributed by atoms with van der Waals surface area (Å²) in [6.07, 6.45) is 8.00. The van der Waals surface area contributed by atoms with Gasteiger partial charge in [0.2, 0.25) is 0 Å². The van der Waals surface area contributed by atoms with Crippen LogP contribution >= 0.6 is 35.0 Å². The van der Waals surface area contributed by atoms with Crippen molar-refractivity contribution < 1.29 is 37.0 Å². The molecule has 0 fully saturated rings. The van der Waals surface area contributed by atoms with Gasteiger partial charge in [-0.15, -0.1) is 36.2 Å². The molecule has 14 heteroatoms. The van der Waals surface area contributed by atoms with Gasteiger partial charge in [-0.25, -0.2) is 13.2 Å². The molecule has 0 aliphatic heterocycles. The van der Waals surface area contributed by atoms with E-state index in [-0.39, 0.29) is 48.5 Å². The Kier molecular flexibility index (Phi) is 14.7. The molecule has 0 heterocycles. The second-order valence-electron chi connectivity index (χ2n) is 9.49. The number of ether oxygens (including phenoxy) is 3. The number of ketones is 1. The highest BCUT2D eigenvalue weighted by molar-refractivity contribution is 8.06. The highest BCUT2D eigenvalue weighted by atomic mass is 35.5. The van der Waals surface area contributed by atoms with Crippen molar-refractivity contribution in [3.63, 3.8) is 0 Å². The Bertz CT molecular complexity index is 1810. The number of rotatable bonds is 13. The maximum Gasteiger partial charge on any atom is 0.343 e. The molecular weight excluding hydrogens is 687 g/mol. The third-order valence-corrected chi connectivity index (χ3v) is 9.93. The molecule has 0 radical (unpaired) electrons. The van der Waals surface area contributed by atoms with Gasteiger partial charge in [-0.1, -0.05) is 11.6 Å². The summed E-state index contributed by atoms with van der Waals surface area (Å²) in [6, 6.07) is 13.4. The van der Waals surface area contributed by atoms with Gasteiger partial charge in [0.15, 0.2) is 17.3 Å². The summed E-state index contributed by atoms with van der Waals surface area (Å²) >= 11 is 13.0. The Labute approximate surface area is 289 Å². The molecule has 3 aromatic carbocycles. The van der Waals surface area contributed by atoms with Crippen LogP contribution in [0.5, 0.6) is 17.2 Å². The summed E-state index contributed by atoms with van der Waals surface area (Å²) in [4.78, 5) is 37.6. The Morgan fingerprint density at radius 3 is 2.19 bits per heavy atom. The van der Waals surface area contributed by atoms with Gasteiger partial charge in [0.25, 0.3) is 15.9 Å². The number of carbonyl (C=O) groups is 3. The van der Waals surface area contributed by atoms with Crippen LogP contribution in [0.15, 0.2) is 64.4 Å². The largest absolute Gasteiger partial charge is 0.493 e. The monoisotopic (exact) mass is 720 g/mol. The van der Waals surface area contributed by atoms with E-state index in [1.54, 1.807) is 31.2 Å².